The van der Waals surface area contributed by atoms with Crippen LogP contribution in [0.4, 0.5) is 4.79 Å². The number of benzene rings is 1. The predicted molar refractivity (Wildman–Crippen MR) is 78.4 cm³/mol. The maximum absolute atomic E-state index is 11.7. The largest absolute Gasteiger partial charge is 0.445 e. The van der Waals surface area contributed by atoms with E-state index in [-0.39, 0.29) is 11.9 Å². The average Bonchev–Trinajstić information content (AvgIpc) is 2.46. The monoisotopic (exact) mass is 277 g/mol. The molecule has 0 radical (unpaired) electrons. The van der Waals surface area contributed by atoms with Crippen molar-refractivity contribution in [3.05, 3.63) is 35.9 Å². The Morgan fingerprint density at radius 1 is 1.05 bits per heavy atom. The Labute approximate surface area is 120 Å². The van der Waals surface area contributed by atoms with Crippen molar-refractivity contribution in [3.8, 4) is 0 Å². The Balaban J connectivity index is 0.000000444. The minimum atomic E-state index is -0.177. The van der Waals surface area contributed by atoms with Crippen LogP contribution in [0, 0.1) is 0 Å². The van der Waals surface area contributed by atoms with Gasteiger partial charge in [-0.1, -0.05) is 30.3 Å². The third-order valence-electron chi connectivity index (χ3n) is 2.82. The molecule has 20 heavy (non-hydrogen) atoms. The van der Waals surface area contributed by atoms with Gasteiger partial charge >= 0.3 is 6.09 Å². The number of carbonyl (C=O) groups excluding carboxylic acids is 2. The van der Waals surface area contributed by atoms with Crippen molar-refractivity contribution >= 4 is 11.9 Å². The van der Waals surface area contributed by atoms with Gasteiger partial charge in [-0.05, 0) is 38.7 Å². The smallest absolute Gasteiger partial charge is 0.410 e. The van der Waals surface area contributed by atoms with Crippen LogP contribution in [-0.4, -0.2) is 29.9 Å². The number of piperidine rings is 1. The molecule has 1 aromatic carbocycles. The minimum Gasteiger partial charge on any atom is -0.445 e. The maximum atomic E-state index is 11.7. The molecule has 2 rings (SSSR count). The summed E-state index contributed by atoms with van der Waals surface area (Å²) in [7, 11) is 0. The zero-order chi connectivity index (χ0) is 14.8. The molecule has 0 N–H and O–H groups in total. The number of rotatable bonds is 2. The van der Waals surface area contributed by atoms with Gasteiger partial charge in [0.1, 0.15) is 12.4 Å². The molecule has 0 unspecified atom stereocenters. The molecule has 1 aromatic rings. The fourth-order valence-corrected chi connectivity index (χ4v) is 1.89. The van der Waals surface area contributed by atoms with E-state index in [9.17, 15) is 9.59 Å². The first-order chi connectivity index (χ1) is 9.59. The lowest BCUT2D eigenvalue weighted by Gasteiger charge is -2.25. The molecule has 1 aliphatic heterocycles. The Morgan fingerprint density at radius 2 is 1.60 bits per heavy atom. The number of ether oxygens (including phenoxy) is 1. The van der Waals surface area contributed by atoms with Crippen molar-refractivity contribution in [1.82, 2.24) is 4.90 Å². The zero-order valence-corrected chi connectivity index (χ0v) is 12.3. The first kappa shape index (κ1) is 16.2. The molecular weight excluding hydrogens is 254 g/mol. The molecule has 1 saturated heterocycles. The Kier molecular flexibility index (Phi) is 7.40. The van der Waals surface area contributed by atoms with Gasteiger partial charge in [-0.3, -0.25) is 0 Å². The summed E-state index contributed by atoms with van der Waals surface area (Å²) in [4.78, 5) is 22.9. The van der Waals surface area contributed by atoms with Crippen molar-refractivity contribution in [2.24, 2.45) is 0 Å². The Morgan fingerprint density at radius 3 is 2.15 bits per heavy atom. The highest BCUT2D eigenvalue weighted by Crippen LogP contribution is 2.11. The number of Topliss-reactive ketones (excluding diaryl/α,β-unsaturated/α-hetero) is 1. The van der Waals surface area contributed by atoms with Crippen LogP contribution >= 0.6 is 0 Å². The summed E-state index contributed by atoms with van der Waals surface area (Å²) in [6.45, 7) is 5.11. The molecule has 4 nitrogen and oxygen atoms in total. The number of ketones is 1. The van der Waals surface area contributed by atoms with Gasteiger partial charge in [0.25, 0.3) is 0 Å². The summed E-state index contributed by atoms with van der Waals surface area (Å²) in [5.74, 6) is 0.167. The normalized spacial score (nSPS) is 14.0. The molecule has 4 heteroatoms. The molecule has 0 spiro atoms. The molecule has 0 aromatic heterocycles. The van der Waals surface area contributed by atoms with Crippen molar-refractivity contribution < 1.29 is 14.3 Å². The molecular formula is C16H23NO3. The lowest BCUT2D eigenvalue weighted by molar-refractivity contribution is -0.114. The lowest BCUT2D eigenvalue weighted by atomic mass is 10.1. The molecule has 1 aliphatic rings. The van der Waals surface area contributed by atoms with Gasteiger partial charge in [0.15, 0.2) is 0 Å². The molecule has 0 aliphatic carbocycles. The first-order valence-electron chi connectivity index (χ1n) is 7.02. The SMILES string of the molecule is CC(C)=O.O=C(OCc1ccccc1)N1CCCCC1. The third kappa shape index (κ3) is 6.92. The average molecular weight is 277 g/mol. The second-order valence-electron chi connectivity index (χ2n) is 5.00. The maximum Gasteiger partial charge on any atom is 0.410 e. The van der Waals surface area contributed by atoms with Crippen LogP contribution in [0.5, 0.6) is 0 Å². The fourth-order valence-electron chi connectivity index (χ4n) is 1.89. The van der Waals surface area contributed by atoms with Gasteiger partial charge in [0.2, 0.25) is 0 Å². The fraction of sp³-hybridized carbons (Fsp3) is 0.500. The lowest BCUT2D eigenvalue weighted by Crippen LogP contribution is -2.35. The molecule has 1 fully saturated rings. The molecule has 0 atom stereocenters. The van der Waals surface area contributed by atoms with E-state index in [4.69, 9.17) is 4.74 Å². The van der Waals surface area contributed by atoms with E-state index in [1.807, 2.05) is 30.3 Å². The first-order valence-corrected chi connectivity index (χ1v) is 7.02. The number of nitrogens with zero attached hydrogens (tertiary/aromatic N) is 1. The number of amides is 1. The van der Waals surface area contributed by atoms with Crippen LogP contribution in [0.25, 0.3) is 0 Å². The standard InChI is InChI=1S/C13H17NO2.C3H6O/c15-13(14-9-5-2-6-10-14)16-11-12-7-3-1-4-8-12;1-3(2)4/h1,3-4,7-8H,2,5-6,9-11H2;1-2H3. The van der Waals surface area contributed by atoms with Gasteiger partial charge in [0.05, 0.1) is 0 Å². The highest BCUT2D eigenvalue weighted by atomic mass is 16.6. The number of hydrogen-bond donors (Lipinski definition) is 0. The second-order valence-corrected chi connectivity index (χ2v) is 5.00. The highest BCUT2D eigenvalue weighted by molar-refractivity contribution is 5.72. The van der Waals surface area contributed by atoms with E-state index >= 15 is 0 Å². The van der Waals surface area contributed by atoms with Crippen molar-refractivity contribution in [2.75, 3.05) is 13.1 Å². The van der Waals surface area contributed by atoms with Crippen molar-refractivity contribution in [3.63, 3.8) is 0 Å². The molecule has 1 heterocycles. The Bertz CT molecular complexity index is 407. The summed E-state index contributed by atoms with van der Waals surface area (Å²) in [5.41, 5.74) is 1.04. The van der Waals surface area contributed by atoms with E-state index in [2.05, 4.69) is 0 Å². The summed E-state index contributed by atoms with van der Waals surface area (Å²) >= 11 is 0. The van der Waals surface area contributed by atoms with Gasteiger partial charge in [0, 0.05) is 13.1 Å². The van der Waals surface area contributed by atoms with Gasteiger partial charge in [-0.2, -0.15) is 0 Å². The van der Waals surface area contributed by atoms with E-state index < -0.39 is 0 Å². The topological polar surface area (TPSA) is 46.6 Å². The summed E-state index contributed by atoms with van der Waals surface area (Å²) in [6, 6.07) is 9.77. The molecule has 0 bridgehead atoms. The highest BCUT2D eigenvalue weighted by Gasteiger charge is 2.17. The number of hydrogen-bond acceptors (Lipinski definition) is 3. The predicted octanol–water partition coefficient (Wildman–Crippen LogP) is 3.40. The third-order valence-corrected chi connectivity index (χ3v) is 2.82. The molecule has 110 valence electrons. The van der Waals surface area contributed by atoms with E-state index in [1.54, 1.807) is 4.90 Å². The van der Waals surface area contributed by atoms with Crippen molar-refractivity contribution in [1.29, 1.82) is 0 Å². The summed E-state index contributed by atoms with van der Waals surface area (Å²) in [6.07, 6.45) is 3.24. The number of carbonyl (C=O) groups is 2. The zero-order valence-electron chi connectivity index (χ0n) is 12.3. The van der Waals surface area contributed by atoms with E-state index in [0.29, 0.717) is 6.61 Å². The van der Waals surface area contributed by atoms with Gasteiger partial charge in [-0.15, -0.1) is 0 Å². The van der Waals surface area contributed by atoms with Gasteiger partial charge < -0.3 is 14.4 Å². The van der Waals surface area contributed by atoms with Crippen molar-refractivity contribution in [2.45, 2.75) is 39.7 Å². The number of likely N-dealkylation sites (tertiary alicyclic amines) is 1. The minimum absolute atomic E-state index is 0.167. The van der Waals surface area contributed by atoms with Crippen LogP contribution in [-0.2, 0) is 16.1 Å². The van der Waals surface area contributed by atoms with E-state index in [1.165, 1.54) is 20.3 Å². The van der Waals surface area contributed by atoms with Crippen LogP contribution in [0.2, 0.25) is 0 Å². The van der Waals surface area contributed by atoms with E-state index in [0.717, 1.165) is 31.5 Å². The quantitative estimate of drug-likeness (QED) is 0.832. The Hall–Kier alpha value is -1.84. The molecule has 1 amide bonds. The second kappa shape index (κ2) is 9.13. The van der Waals surface area contributed by atoms with Crippen LogP contribution in [0.15, 0.2) is 30.3 Å². The summed E-state index contributed by atoms with van der Waals surface area (Å²) < 4.78 is 5.25. The molecule has 0 saturated carbocycles. The van der Waals surface area contributed by atoms with Crippen LogP contribution in [0.3, 0.4) is 0 Å². The van der Waals surface area contributed by atoms with Gasteiger partial charge in [-0.25, -0.2) is 4.79 Å². The van der Waals surface area contributed by atoms with Crippen LogP contribution < -0.4 is 0 Å². The van der Waals surface area contributed by atoms with Crippen LogP contribution in [0.1, 0.15) is 38.7 Å². The summed E-state index contributed by atoms with van der Waals surface area (Å²) in [5, 5.41) is 0.